The minimum absolute atomic E-state index is 0.286. The van der Waals surface area contributed by atoms with Crippen LogP contribution in [0.5, 0.6) is 0 Å². The van der Waals surface area contributed by atoms with Gasteiger partial charge in [0.25, 0.3) is 5.91 Å². The molecule has 98 valence electrons. The van der Waals surface area contributed by atoms with Gasteiger partial charge in [-0.1, -0.05) is 6.92 Å². The molecule has 0 radical (unpaired) electrons. The summed E-state index contributed by atoms with van der Waals surface area (Å²) in [6.45, 7) is 2.10. The van der Waals surface area contributed by atoms with Crippen molar-refractivity contribution in [1.29, 1.82) is 0 Å². The number of amides is 1. The van der Waals surface area contributed by atoms with Gasteiger partial charge in [0.15, 0.2) is 0 Å². The topological polar surface area (TPSA) is 95.1 Å². The zero-order chi connectivity index (χ0) is 13.2. The largest absolute Gasteiger partial charge is 0.480 e. The number of hydrogen-bond donors (Lipinski definition) is 3. The third kappa shape index (κ3) is 2.37. The van der Waals surface area contributed by atoms with Gasteiger partial charge in [-0.25, -0.2) is 9.78 Å². The second-order valence-corrected chi connectivity index (χ2v) is 4.99. The van der Waals surface area contributed by atoms with Gasteiger partial charge in [0, 0.05) is 0 Å². The molecule has 1 fully saturated rings. The predicted octanol–water partition coefficient (Wildman–Crippen LogP) is 1.17. The van der Waals surface area contributed by atoms with E-state index < -0.39 is 17.4 Å². The SMILES string of the molecule is CC1CCC(NC(=O)c2cnc[nH]2)(C(=O)O)CC1. The molecule has 0 saturated heterocycles. The zero-order valence-electron chi connectivity index (χ0n) is 10.3. The van der Waals surface area contributed by atoms with E-state index in [0.717, 1.165) is 12.8 Å². The van der Waals surface area contributed by atoms with Crippen molar-refractivity contribution < 1.29 is 14.7 Å². The fourth-order valence-electron chi connectivity index (χ4n) is 2.31. The molecule has 1 amide bonds. The molecule has 0 spiro atoms. The number of rotatable bonds is 3. The van der Waals surface area contributed by atoms with Crippen LogP contribution >= 0.6 is 0 Å². The summed E-state index contributed by atoms with van der Waals surface area (Å²) in [4.78, 5) is 29.8. The number of aromatic nitrogens is 2. The van der Waals surface area contributed by atoms with Crippen LogP contribution in [-0.2, 0) is 4.79 Å². The lowest BCUT2D eigenvalue weighted by atomic mass is 9.77. The maximum Gasteiger partial charge on any atom is 0.329 e. The number of carbonyl (C=O) groups is 2. The first-order valence-corrected chi connectivity index (χ1v) is 6.08. The van der Waals surface area contributed by atoms with Gasteiger partial charge in [0.1, 0.15) is 11.2 Å². The van der Waals surface area contributed by atoms with Crippen molar-refractivity contribution in [2.45, 2.75) is 38.1 Å². The van der Waals surface area contributed by atoms with Gasteiger partial charge < -0.3 is 15.4 Å². The van der Waals surface area contributed by atoms with E-state index in [1.807, 2.05) is 0 Å². The van der Waals surface area contributed by atoms with E-state index in [-0.39, 0.29) is 5.69 Å². The molecular weight excluding hydrogens is 234 g/mol. The number of nitrogens with zero attached hydrogens (tertiary/aromatic N) is 1. The average molecular weight is 251 g/mol. The van der Waals surface area contributed by atoms with Crippen molar-refractivity contribution >= 4 is 11.9 Å². The Hall–Kier alpha value is -1.85. The minimum atomic E-state index is -1.13. The van der Waals surface area contributed by atoms with Crippen LogP contribution in [-0.4, -0.2) is 32.5 Å². The number of imidazole rings is 1. The first-order chi connectivity index (χ1) is 8.53. The van der Waals surface area contributed by atoms with Crippen LogP contribution in [0.15, 0.2) is 12.5 Å². The van der Waals surface area contributed by atoms with Gasteiger partial charge in [-0.2, -0.15) is 0 Å². The molecule has 0 unspecified atom stereocenters. The standard InChI is InChI=1S/C12H17N3O3/c1-8-2-4-12(5-3-8,11(17)18)15-10(16)9-6-13-7-14-9/h6-8H,2-5H2,1H3,(H,13,14)(H,15,16)(H,17,18). The summed E-state index contributed by atoms with van der Waals surface area (Å²) >= 11 is 0. The normalized spacial score (nSPS) is 27.7. The van der Waals surface area contributed by atoms with Crippen molar-refractivity contribution in [3.63, 3.8) is 0 Å². The Morgan fingerprint density at radius 1 is 1.50 bits per heavy atom. The number of aliphatic carboxylic acids is 1. The summed E-state index contributed by atoms with van der Waals surface area (Å²) in [5.41, 5.74) is -0.844. The summed E-state index contributed by atoms with van der Waals surface area (Å²) in [6, 6.07) is 0. The van der Waals surface area contributed by atoms with Crippen molar-refractivity contribution in [3.8, 4) is 0 Å². The molecule has 0 atom stereocenters. The molecule has 6 nitrogen and oxygen atoms in total. The molecule has 1 heterocycles. The minimum Gasteiger partial charge on any atom is -0.480 e. The summed E-state index contributed by atoms with van der Waals surface area (Å²) in [5.74, 6) is -0.853. The summed E-state index contributed by atoms with van der Waals surface area (Å²) in [7, 11) is 0. The number of aromatic amines is 1. The van der Waals surface area contributed by atoms with Crippen LogP contribution in [0.3, 0.4) is 0 Å². The van der Waals surface area contributed by atoms with Crippen LogP contribution in [0.4, 0.5) is 0 Å². The van der Waals surface area contributed by atoms with E-state index in [1.54, 1.807) is 0 Å². The molecule has 1 saturated carbocycles. The Labute approximate surface area is 105 Å². The summed E-state index contributed by atoms with van der Waals surface area (Å²) in [5, 5.41) is 12.0. The van der Waals surface area contributed by atoms with E-state index >= 15 is 0 Å². The van der Waals surface area contributed by atoms with E-state index in [0.29, 0.717) is 18.8 Å². The van der Waals surface area contributed by atoms with Gasteiger partial charge in [-0.05, 0) is 31.6 Å². The van der Waals surface area contributed by atoms with Crippen molar-refractivity contribution in [3.05, 3.63) is 18.2 Å². The third-order valence-corrected chi connectivity index (χ3v) is 3.63. The Morgan fingerprint density at radius 3 is 2.67 bits per heavy atom. The van der Waals surface area contributed by atoms with Gasteiger partial charge in [0.05, 0.1) is 12.5 Å². The number of carbonyl (C=O) groups excluding carboxylic acids is 1. The Balaban J connectivity index is 2.12. The lowest BCUT2D eigenvalue weighted by molar-refractivity contribution is -0.146. The molecule has 0 aliphatic heterocycles. The average Bonchev–Trinajstić information content (AvgIpc) is 2.85. The molecular formula is C12H17N3O3. The molecule has 1 aliphatic rings. The molecule has 0 aromatic carbocycles. The van der Waals surface area contributed by atoms with Gasteiger partial charge in [0.2, 0.25) is 0 Å². The first-order valence-electron chi connectivity index (χ1n) is 6.08. The lowest BCUT2D eigenvalue weighted by Gasteiger charge is -2.36. The quantitative estimate of drug-likeness (QED) is 0.751. The highest BCUT2D eigenvalue weighted by Crippen LogP contribution is 2.32. The van der Waals surface area contributed by atoms with Crippen LogP contribution in [0, 0.1) is 5.92 Å². The fourth-order valence-corrected chi connectivity index (χ4v) is 2.31. The molecule has 1 aliphatic carbocycles. The number of hydrogen-bond acceptors (Lipinski definition) is 3. The molecule has 2 rings (SSSR count). The highest BCUT2D eigenvalue weighted by molar-refractivity contribution is 5.96. The van der Waals surface area contributed by atoms with Crippen LogP contribution < -0.4 is 5.32 Å². The highest BCUT2D eigenvalue weighted by atomic mass is 16.4. The zero-order valence-corrected chi connectivity index (χ0v) is 10.3. The number of nitrogens with one attached hydrogen (secondary N) is 2. The van der Waals surface area contributed by atoms with E-state index in [9.17, 15) is 14.7 Å². The molecule has 1 aromatic heterocycles. The van der Waals surface area contributed by atoms with E-state index in [4.69, 9.17) is 0 Å². The van der Waals surface area contributed by atoms with Crippen molar-refractivity contribution in [2.75, 3.05) is 0 Å². The van der Waals surface area contributed by atoms with Crippen molar-refractivity contribution in [1.82, 2.24) is 15.3 Å². The lowest BCUT2D eigenvalue weighted by Crippen LogP contribution is -2.56. The fraction of sp³-hybridized carbons (Fsp3) is 0.583. The molecule has 0 bridgehead atoms. The van der Waals surface area contributed by atoms with Crippen LogP contribution in [0.1, 0.15) is 43.1 Å². The summed E-state index contributed by atoms with van der Waals surface area (Å²) in [6.07, 6.45) is 5.36. The number of carboxylic acid groups (broad SMARTS) is 1. The summed E-state index contributed by atoms with van der Waals surface area (Å²) < 4.78 is 0. The predicted molar refractivity (Wildman–Crippen MR) is 64.1 cm³/mol. The van der Waals surface area contributed by atoms with Crippen molar-refractivity contribution in [2.24, 2.45) is 5.92 Å². The smallest absolute Gasteiger partial charge is 0.329 e. The Bertz CT molecular complexity index is 433. The molecule has 1 aromatic rings. The molecule has 18 heavy (non-hydrogen) atoms. The first kappa shape index (κ1) is 12.6. The monoisotopic (exact) mass is 251 g/mol. The Kier molecular flexibility index (Phi) is 3.36. The van der Waals surface area contributed by atoms with E-state index in [2.05, 4.69) is 22.2 Å². The maximum atomic E-state index is 11.9. The maximum absolute atomic E-state index is 11.9. The van der Waals surface area contributed by atoms with Gasteiger partial charge >= 0.3 is 5.97 Å². The number of carboxylic acids is 1. The van der Waals surface area contributed by atoms with Gasteiger partial charge in [-0.3, -0.25) is 4.79 Å². The third-order valence-electron chi connectivity index (χ3n) is 3.63. The second-order valence-electron chi connectivity index (χ2n) is 4.99. The van der Waals surface area contributed by atoms with E-state index in [1.165, 1.54) is 12.5 Å². The van der Waals surface area contributed by atoms with Crippen LogP contribution in [0.2, 0.25) is 0 Å². The highest BCUT2D eigenvalue weighted by Gasteiger charge is 2.42. The van der Waals surface area contributed by atoms with Crippen LogP contribution in [0.25, 0.3) is 0 Å². The Morgan fingerprint density at radius 2 is 2.17 bits per heavy atom. The molecule has 6 heteroatoms. The van der Waals surface area contributed by atoms with Gasteiger partial charge in [-0.15, -0.1) is 0 Å². The molecule has 3 N–H and O–H groups in total. The second kappa shape index (κ2) is 4.80. The number of H-pyrrole nitrogens is 1.